The summed E-state index contributed by atoms with van der Waals surface area (Å²) in [6, 6.07) is 3.66. The molecule has 1 rings (SSSR count). The van der Waals surface area contributed by atoms with Crippen LogP contribution in [0, 0.1) is 0 Å². The minimum Gasteiger partial charge on any atom is -0.479 e. The van der Waals surface area contributed by atoms with Crippen LogP contribution in [-0.4, -0.2) is 18.1 Å². The zero-order chi connectivity index (χ0) is 15.3. The van der Waals surface area contributed by atoms with E-state index in [4.69, 9.17) is 33.7 Å². The number of halogens is 2. The van der Waals surface area contributed by atoms with Crippen molar-refractivity contribution < 1.29 is 9.53 Å². The molecule has 0 saturated carbocycles. The number of amides is 1. The van der Waals surface area contributed by atoms with Crippen LogP contribution in [0.1, 0.15) is 32.8 Å². The topological polar surface area (TPSA) is 64.3 Å². The number of hydrogen-bond acceptors (Lipinski definition) is 3. The highest BCUT2D eigenvalue weighted by molar-refractivity contribution is 6.35. The maximum atomic E-state index is 11.3. The molecule has 0 fully saturated rings. The SMILES string of the molecule is CCC(Oc1c(Cl)cc(Cl)cc1CNC(C)C)C(N)=O. The van der Waals surface area contributed by atoms with Gasteiger partial charge in [-0.15, -0.1) is 0 Å². The molecule has 112 valence electrons. The van der Waals surface area contributed by atoms with Gasteiger partial charge in [0.1, 0.15) is 5.75 Å². The molecule has 0 saturated heterocycles. The second-order valence-electron chi connectivity index (χ2n) is 4.83. The number of primary amides is 1. The summed E-state index contributed by atoms with van der Waals surface area (Å²) >= 11 is 12.2. The Morgan fingerprint density at radius 3 is 2.55 bits per heavy atom. The first-order chi connectivity index (χ1) is 9.35. The second kappa shape index (κ2) is 7.72. The summed E-state index contributed by atoms with van der Waals surface area (Å²) in [6.07, 6.45) is -0.225. The van der Waals surface area contributed by atoms with Crippen LogP contribution in [0.2, 0.25) is 10.0 Å². The van der Waals surface area contributed by atoms with Gasteiger partial charge in [-0.25, -0.2) is 0 Å². The number of carbonyl (C=O) groups is 1. The molecular weight excluding hydrogens is 299 g/mol. The van der Waals surface area contributed by atoms with Crippen molar-refractivity contribution in [2.75, 3.05) is 0 Å². The fraction of sp³-hybridized carbons (Fsp3) is 0.500. The van der Waals surface area contributed by atoms with Crippen LogP contribution in [0.5, 0.6) is 5.75 Å². The van der Waals surface area contributed by atoms with E-state index in [-0.39, 0.29) is 0 Å². The molecule has 0 bridgehead atoms. The van der Waals surface area contributed by atoms with Crippen molar-refractivity contribution in [2.45, 2.75) is 45.9 Å². The summed E-state index contributed by atoms with van der Waals surface area (Å²) in [4.78, 5) is 11.3. The van der Waals surface area contributed by atoms with Crippen molar-refractivity contribution in [1.29, 1.82) is 0 Å². The third kappa shape index (κ3) is 4.85. The largest absolute Gasteiger partial charge is 0.479 e. The molecule has 3 N–H and O–H groups in total. The molecule has 0 heterocycles. The minimum atomic E-state index is -0.702. The zero-order valence-electron chi connectivity index (χ0n) is 11.9. The van der Waals surface area contributed by atoms with Crippen molar-refractivity contribution in [1.82, 2.24) is 5.32 Å². The van der Waals surface area contributed by atoms with Gasteiger partial charge in [0, 0.05) is 23.2 Å². The highest BCUT2D eigenvalue weighted by atomic mass is 35.5. The van der Waals surface area contributed by atoms with Crippen molar-refractivity contribution in [2.24, 2.45) is 5.73 Å². The van der Waals surface area contributed by atoms with Crippen LogP contribution in [0.25, 0.3) is 0 Å². The van der Waals surface area contributed by atoms with E-state index < -0.39 is 12.0 Å². The number of nitrogens with one attached hydrogen (secondary N) is 1. The van der Waals surface area contributed by atoms with Crippen LogP contribution in [-0.2, 0) is 11.3 Å². The second-order valence-corrected chi connectivity index (χ2v) is 5.67. The Hall–Kier alpha value is -0.970. The maximum Gasteiger partial charge on any atom is 0.258 e. The number of nitrogens with two attached hydrogens (primary N) is 1. The molecule has 6 heteroatoms. The molecular formula is C14H20Cl2N2O2. The molecule has 0 aromatic heterocycles. The smallest absolute Gasteiger partial charge is 0.258 e. The lowest BCUT2D eigenvalue weighted by molar-refractivity contribution is -0.124. The van der Waals surface area contributed by atoms with E-state index in [9.17, 15) is 4.79 Å². The molecule has 1 atom stereocenters. The minimum absolute atomic E-state index is 0.304. The van der Waals surface area contributed by atoms with Crippen molar-refractivity contribution >= 4 is 29.1 Å². The van der Waals surface area contributed by atoms with Gasteiger partial charge in [0.15, 0.2) is 6.10 Å². The van der Waals surface area contributed by atoms with E-state index in [0.717, 1.165) is 5.56 Å². The Morgan fingerprint density at radius 1 is 1.40 bits per heavy atom. The Balaban J connectivity index is 3.05. The van der Waals surface area contributed by atoms with Crippen LogP contribution in [0.4, 0.5) is 0 Å². The molecule has 0 spiro atoms. The van der Waals surface area contributed by atoms with E-state index in [1.807, 2.05) is 20.8 Å². The predicted octanol–water partition coefficient (Wildman–Crippen LogP) is 3.13. The number of rotatable bonds is 7. The van der Waals surface area contributed by atoms with E-state index >= 15 is 0 Å². The lowest BCUT2D eigenvalue weighted by Gasteiger charge is -2.19. The molecule has 1 aromatic rings. The van der Waals surface area contributed by atoms with Gasteiger partial charge in [-0.3, -0.25) is 4.79 Å². The Labute approximate surface area is 129 Å². The molecule has 0 aliphatic heterocycles. The van der Waals surface area contributed by atoms with Gasteiger partial charge in [-0.1, -0.05) is 44.0 Å². The lowest BCUT2D eigenvalue weighted by atomic mass is 10.1. The highest BCUT2D eigenvalue weighted by Crippen LogP contribution is 2.33. The van der Waals surface area contributed by atoms with Crippen LogP contribution >= 0.6 is 23.2 Å². The fourth-order valence-electron chi connectivity index (χ4n) is 1.68. The zero-order valence-corrected chi connectivity index (χ0v) is 13.4. The van der Waals surface area contributed by atoms with Gasteiger partial charge in [-0.2, -0.15) is 0 Å². The van der Waals surface area contributed by atoms with Gasteiger partial charge in [0.05, 0.1) is 5.02 Å². The van der Waals surface area contributed by atoms with Gasteiger partial charge < -0.3 is 15.8 Å². The van der Waals surface area contributed by atoms with Crippen LogP contribution < -0.4 is 15.8 Å². The summed E-state index contributed by atoms with van der Waals surface area (Å²) in [7, 11) is 0. The quantitative estimate of drug-likeness (QED) is 0.811. The number of carbonyl (C=O) groups excluding carboxylic acids is 1. The highest BCUT2D eigenvalue weighted by Gasteiger charge is 2.19. The monoisotopic (exact) mass is 318 g/mol. The van der Waals surface area contributed by atoms with E-state index in [1.165, 1.54) is 0 Å². The Morgan fingerprint density at radius 2 is 2.05 bits per heavy atom. The van der Waals surface area contributed by atoms with Crippen LogP contribution in [0.3, 0.4) is 0 Å². The molecule has 1 unspecified atom stereocenters. The predicted molar refractivity (Wildman–Crippen MR) is 82.3 cm³/mol. The molecule has 20 heavy (non-hydrogen) atoms. The van der Waals surface area contributed by atoms with Crippen LogP contribution in [0.15, 0.2) is 12.1 Å². The Bertz CT molecular complexity index is 478. The normalized spacial score (nSPS) is 12.5. The first kappa shape index (κ1) is 17.1. The third-order valence-corrected chi connectivity index (χ3v) is 3.23. The van der Waals surface area contributed by atoms with Gasteiger partial charge in [-0.05, 0) is 18.6 Å². The van der Waals surface area contributed by atoms with E-state index in [0.29, 0.717) is 34.8 Å². The first-order valence-corrected chi connectivity index (χ1v) is 7.28. The maximum absolute atomic E-state index is 11.3. The lowest BCUT2D eigenvalue weighted by Crippen LogP contribution is -2.33. The summed E-state index contributed by atoms with van der Waals surface area (Å²) < 4.78 is 5.67. The van der Waals surface area contributed by atoms with Gasteiger partial charge in [0.25, 0.3) is 5.91 Å². The molecule has 1 aromatic carbocycles. The number of benzene rings is 1. The standard InChI is InChI=1S/C14H20Cl2N2O2/c1-4-12(14(17)19)20-13-9(7-18-8(2)3)5-10(15)6-11(13)16/h5-6,8,12,18H,4,7H2,1-3H3,(H2,17,19). The van der Waals surface area contributed by atoms with Gasteiger partial charge in [0.2, 0.25) is 0 Å². The molecule has 0 aliphatic rings. The van der Waals surface area contributed by atoms with E-state index in [2.05, 4.69) is 5.32 Å². The number of hydrogen-bond donors (Lipinski definition) is 2. The van der Waals surface area contributed by atoms with Crippen molar-refractivity contribution in [3.63, 3.8) is 0 Å². The number of ether oxygens (including phenoxy) is 1. The molecule has 4 nitrogen and oxygen atoms in total. The molecule has 0 radical (unpaired) electrons. The summed E-state index contributed by atoms with van der Waals surface area (Å²) in [5.74, 6) is -0.0591. The van der Waals surface area contributed by atoms with Gasteiger partial charge >= 0.3 is 0 Å². The third-order valence-electron chi connectivity index (χ3n) is 2.73. The first-order valence-electron chi connectivity index (χ1n) is 6.52. The summed E-state index contributed by atoms with van der Waals surface area (Å²) in [5, 5.41) is 4.16. The van der Waals surface area contributed by atoms with Crippen molar-refractivity contribution in [3.05, 3.63) is 27.7 Å². The fourth-order valence-corrected chi connectivity index (χ4v) is 2.26. The van der Waals surface area contributed by atoms with Crippen molar-refractivity contribution in [3.8, 4) is 5.75 Å². The average molecular weight is 319 g/mol. The summed E-state index contributed by atoms with van der Waals surface area (Å²) in [6.45, 7) is 6.43. The molecule has 1 amide bonds. The molecule has 0 aliphatic carbocycles. The Kier molecular flexibility index (Phi) is 6.59. The summed E-state index contributed by atoms with van der Waals surface area (Å²) in [5.41, 5.74) is 6.10. The van der Waals surface area contributed by atoms with E-state index in [1.54, 1.807) is 12.1 Å². The average Bonchev–Trinajstić information content (AvgIpc) is 2.34.